The van der Waals surface area contributed by atoms with Gasteiger partial charge in [-0.25, -0.2) is 4.98 Å². The number of rotatable bonds is 8. The number of fused-ring (bicyclic) bond motifs is 1. The van der Waals surface area contributed by atoms with Crippen molar-refractivity contribution in [2.24, 2.45) is 0 Å². The van der Waals surface area contributed by atoms with Gasteiger partial charge in [-0.3, -0.25) is 9.59 Å². The molecule has 0 atom stereocenters. The van der Waals surface area contributed by atoms with Gasteiger partial charge >= 0.3 is 0 Å². The molecule has 2 aromatic carbocycles. The number of amides is 2. The van der Waals surface area contributed by atoms with Crippen molar-refractivity contribution in [1.29, 1.82) is 0 Å². The number of likely N-dealkylation sites (N-methyl/N-ethyl adjacent to an activating group) is 1. The topological polar surface area (TPSA) is 90.1 Å². The first-order valence-electron chi connectivity index (χ1n) is 12.6. The Morgan fingerprint density at radius 1 is 1.11 bits per heavy atom. The van der Waals surface area contributed by atoms with Gasteiger partial charge in [-0.05, 0) is 57.3 Å². The van der Waals surface area contributed by atoms with Crippen molar-refractivity contribution in [3.05, 3.63) is 82.0 Å². The number of benzene rings is 2. The van der Waals surface area contributed by atoms with E-state index in [1.165, 1.54) is 0 Å². The van der Waals surface area contributed by atoms with Crippen molar-refractivity contribution in [1.82, 2.24) is 20.2 Å². The minimum Gasteiger partial charge on any atom is -0.359 e. The van der Waals surface area contributed by atoms with Crippen LogP contribution >= 0.6 is 11.3 Å². The number of aryl methyl sites for hydroxylation is 1. The molecule has 3 heterocycles. The standard InChI is InChI=1S/C30H31N5O2S/c1-18-22(16-28(36)31-12-13-35(3)4)19(2)32-26(18)15-24-23-14-21(10-11-25(23)33-29(24)37)27-17-38-30(34-27)20-8-6-5-7-9-20/h5-11,14-15,17,32H,12-13,16H2,1-4H3,(H,31,36)(H,33,37)/b24-15-. The molecule has 3 N–H and O–H groups in total. The zero-order chi connectivity index (χ0) is 26.8. The fraction of sp³-hybridized carbons (Fsp3) is 0.233. The third-order valence-corrected chi connectivity index (χ3v) is 7.65. The molecule has 4 aromatic rings. The minimum atomic E-state index is -0.143. The van der Waals surface area contributed by atoms with Gasteiger partial charge in [0.2, 0.25) is 5.91 Å². The number of aromatic amines is 1. The average molecular weight is 526 g/mol. The Morgan fingerprint density at radius 3 is 2.66 bits per heavy atom. The van der Waals surface area contributed by atoms with E-state index in [4.69, 9.17) is 4.98 Å². The monoisotopic (exact) mass is 525 g/mol. The highest BCUT2D eigenvalue weighted by atomic mass is 32.1. The molecular weight excluding hydrogens is 494 g/mol. The lowest BCUT2D eigenvalue weighted by molar-refractivity contribution is -0.120. The van der Waals surface area contributed by atoms with Crippen molar-refractivity contribution in [2.45, 2.75) is 20.3 Å². The lowest BCUT2D eigenvalue weighted by Gasteiger charge is -2.10. The quantitative estimate of drug-likeness (QED) is 0.278. The Hall–Kier alpha value is -4.01. The van der Waals surface area contributed by atoms with Crippen LogP contribution in [0.25, 0.3) is 33.5 Å². The van der Waals surface area contributed by atoms with Crippen molar-refractivity contribution < 1.29 is 9.59 Å². The highest BCUT2D eigenvalue weighted by Crippen LogP contribution is 2.38. The van der Waals surface area contributed by atoms with E-state index in [9.17, 15) is 9.59 Å². The Kier molecular flexibility index (Phi) is 7.26. The van der Waals surface area contributed by atoms with E-state index in [1.807, 2.05) is 80.7 Å². The Labute approximate surface area is 226 Å². The predicted octanol–water partition coefficient (Wildman–Crippen LogP) is 5.14. The number of hydrogen-bond donors (Lipinski definition) is 3. The molecule has 0 bridgehead atoms. The van der Waals surface area contributed by atoms with Crippen LogP contribution in [0.3, 0.4) is 0 Å². The molecule has 8 heteroatoms. The van der Waals surface area contributed by atoms with Crippen molar-refractivity contribution in [3.63, 3.8) is 0 Å². The number of carbonyl (C=O) groups is 2. The maximum atomic E-state index is 13.0. The minimum absolute atomic E-state index is 0.0111. The van der Waals surface area contributed by atoms with Crippen LogP contribution in [0.15, 0.2) is 53.9 Å². The second kappa shape index (κ2) is 10.8. The predicted molar refractivity (Wildman–Crippen MR) is 155 cm³/mol. The molecule has 0 aliphatic carbocycles. The number of carbonyl (C=O) groups excluding carboxylic acids is 2. The molecule has 38 heavy (non-hydrogen) atoms. The first kappa shape index (κ1) is 25.6. The van der Waals surface area contributed by atoms with Crippen LogP contribution in [-0.2, 0) is 16.0 Å². The van der Waals surface area contributed by atoms with E-state index in [2.05, 4.69) is 27.8 Å². The van der Waals surface area contributed by atoms with Gasteiger partial charge in [-0.1, -0.05) is 36.4 Å². The van der Waals surface area contributed by atoms with Gasteiger partial charge in [-0.2, -0.15) is 0 Å². The number of anilines is 1. The Bertz CT molecular complexity index is 1530. The lowest BCUT2D eigenvalue weighted by Crippen LogP contribution is -2.32. The van der Waals surface area contributed by atoms with Gasteiger partial charge in [0, 0.05) is 52.2 Å². The van der Waals surface area contributed by atoms with Gasteiger partial charge < -0.3 is 20.5 Å². The summed E-state index contributed by atoms with van der Waals surface area (Å²) >= 11 is 1.60. The summed E-state index contributed by atoms with van der Waals surface area (Å²) in [6.07, 6.45) is 2.18. The summed E-state index contributed by atoms with van der Waals surface area (Å²) in [5.74, 6) is -0.155. The third-order valence-electron chi connectivity index (χ3n) is 6.76. The molecule has 0 spiro atoms. The van der Waals surface area contributed by atoms with Gasteiger partial charge in [0.1, 0.15) is 5.01 Å². The molecule has 0 unspecified atom stereocenters. The average Bonchev–Trinajstić information content (AvgIpc) is 3.57. The van der Waals surface area contributed by atoms with E-state index < -0.39 is 0 Å². The summed E-state index contributed by atoms with van der Waals surface area (Å²) in [6, 6.07) is 16.1. The van der Waals surface area contributed by atoms with Crippen molar-refractivity contribution in [3.8, 4) is 21.8 Å². The summed E-state index contributed by atoms with van der Waals surface area (Å²) in [5.41, 5.74) is 8.84. The summed E-state index contributed by atoms with van der Waals surface area (Å²) < 4.78 is 0. The first-order valence-corrected chi connectivity index (χ1v) is 13.5. The molecule has 2 aromatic heterocycles. The molecule has 0 radical (unpaired) electrons. The fourth-order valence-corrected chi connectivity index (χ4v) is 5.46. The maximum Gasteiger partial charge on any atom is 0.256 e. The Balaban J connectivity index is 1.41. The second-order valence-corrected chi connectivity index (χ2v) is 10.6. The highest BCUT2D eigenvalue weighted by Gasteiger charge is 2.26. The molecule has 194 valence electrons. The van der Waals surface area contributed by atoms with Gasteiger partial charge in [0.05, 0.1) is 17.7 Å². The van der Waals surface area contributed by atoms with Crippen LogP contribution < -0.4 is 10.6 Å². The summed E-state index contributed by atoms with van der Waals surface area (Å²) in [6.45, 7) is 5.35. The molecular formula is C30H31N5O2S. The van der Waals surface area contributed by atoms with Crippen LogP contribution in [0.4, 0.5) is 5.69 Å². The SMILES string of the molecule is Cc1[nH]c(/C=C2\C(=O)Nc3ccc(-c4csc(-c5ccccc5)n4)cc32)c(C)c1CC(=O)NCCN(C)C. The van der Waals surface area contributed by atoms with E-state index in [0.29, 0.717) is 18.5 Å². The maximum absolute atomic E-state index is 13.0. The number of nitrogens with zero attached hydrogens (tertiary/aromatic N) is 2. The van der Waals surface area contributed by atoms with Crippen LogP contribution in [-0.4, -0.2) is 53.9 Å². The van der Waals surface area contributed by atoms with E-state index in [-0.39, 0.29) is 11.8 Å². The van der Waals surface area contributed by atoms with E-state index >= 15 is 0 Å². The second-order valence-electron chi connectivity index (χ2n) is 9.77. The number of nitrogens with one attached hydrogen (secondary N) is 3. The van der Waals surface area contributed by atoms with Crippen LogP contribution in [0, 0.1) is 13.8 Å². The number of thiazole rings is 1. The van der Waals surface area contributed by atoms with Gasteiger partial charge in [-0.15, -0.1) is 11.3 Å². The molecule has 0 fully saturated rings. The van der Waals surface area contributed by atoms with Gasteiger partial charge in [0.25, 0.3) is 5.91 Å². The third kappa shape index (κ3) is 5.32. The number of H-pyrrole nitrogens is 1. The highest BCUT2D eigenvalue weighted by molar-refractivity contribution is 7.13. The summed E-state index contributed by atoms with van der Waals surface area (Å²) in [7, 11) is 3.96. The fourth-order valence-electron chi connectivity index (χ4n) is 4.62. The normalized spacial score (nSPS) is 13.7. The van der Waals surface area contributed by atoms with Crippen molar-refractivity contribution >= 4 is 40.5 Å². The van der Waals surface area contributed by atoms with E-state index in [0.717, 1.165) is 62.1 Å². The zero-order valence-corrected chi connectivity index (χ0v) is 22.8. The molecule has 1 aliphatic rings. The van der Waals surface area contributed by atoms with Crippen LogP contribution in [0.1, 0.15) is 28.1 Å². The van der Waals surface area contributed by atoms with Crippen LogP contribution in [0.5, 0.6) is 0 Å². The molecule has 2 amide bonds. The lowest BCUT2D eigenvalue weighted by atomic mass is 10.0. The molecule has 1 aliphatic heterocycles. The summed E-state index contributed by atoms with van der Waals surface area (Å²) in [4.78, 5) is 35.7. The Morgan fingerprint density at radius 2 is 1.89 bits per heavy atom. The first-order chi connectivity index (χ1) is 18.3. The number of aromatic nitrogens is 2. The smallest absolute Gasteiger partial charge is 0.256 e. The summed E-state index contributed by atoms with van der Waals surface area (Å²) in [5, 5.41) is 8.96. The molecule has 7 nitrogen and oxygen atoms in total. The van der Waals surface area contributed by atoms with Crippen LogP contribution in [0.2, 0.25) is 0 Å². The molecule has 0 saturated heterocycles. The number of hydrogen-bond acceptors (Lipinski definition) is 5. The van der Waals surface area contributed by atoms with E-state index in [1.54, 1.807) is 11.3 Å². The van der Waals surface area contributed by atoms with Crippen molar-refractivity contribution in [2.75, 3.05) is 32.5 Å². The zero-order valence-electron chi connectivity index (χ0n) is 22.0. The molecule has 5 rings (SSSR count). The van der Waals surface area contributed by atoms with Gasteiger partial charge in [0.15, 0.2) is 0 Å². The molecule has 0 saturated carbocycles. The largest absolute Gasteiger partial charge is 0.359 e.